The van der Waals surface area contributed by atoms with Crippen LogP contribution < -0.4 is 4.74 Å². The number of aryl methyl sites for hydroxylation is 1. The Morgan fingerprint density at radius 3 is 2.53 bits per heavy atom. The van der Waals surface area contributed by atoms with Gasteiger partial charge in [0.05, 0.1) is 4.92 Å². The number of para-hydroxylation sites is 1. The Morgan fingerprint density at radius 1 is 1.17 bits per heavy atom. The van der Waals surface area contributed by atoms with Crippen molar-refractivity contribution in [2.75, 3.05) is 19.7 Å². The van der Waals surface area contributed by atoms with Gasteiger partial charge in [-0.1, -0.05) is 24.3 Å². The van der Waals surface area contributed by atoms with Gasteiger partial charge in [-0.05, 0) is 44.5 Å². The summed E-state index contributed by atoms with van der Waals surface area (Å²) in [5.74, 6) is -0.361. The van der Waals surface area contributed by atoms with Gasteiger partial charge in [-0.3, -0.25) is 19.8 Å². The lowest BCUT2D eigenvalue weighted by molar-refractivity contribution is -0.386. The van der Waals surface area contributed by atoms with Gasteiger partial charge in [-0.2, -0.15) is 0 Å². The smallest absolute Gasteiger partial charge is 0.313 e. The molecule has 0 aliphatic carbocycles. The van der Waals surface area contributed by atoms with E-state index in [0.29, 0.717) is 25.2 Å². The van der Waals surface area contributed by atoms with Crippen molar-refractivity contribution < 1.29 is 18.8 Å². The molecule has 30 heavy (non-hydrogen) atoms. The summed E-state index contributed by atoms with van der Waals surface area (Å²) in [5.41, 5.74) is 1.39. The van der Waals surface area contributed by atoms with Gasteiger partial charge in [0.2, 0.25) is 0 Å². The minimum atomic E-state index is -0.492. The highest BCUT2D eigenvalue weighted by molar-refractivity contribution is 5.78. The van der Waals surface area contributed by atoms with Gasteiger partial charge in [0, 0.05) is 37.3 Å². The Kier molecular flexibility index (Phi) is 6.66. The summed E-state index contributed by atoms with van der Waals surface area (Å²) < 4.78 is 18.7. The van der Waals surface area contributed by atoms with Crippen LogP contribution in [0.4, 0.5) is 10.1 Å². The second-order valence-electron chi connectivity index (χ2n) is 7.77. The van der Waals surface area contributed by atoms with Crippen molar-refractivity contribution >= 4 is 11.6 Å². The lowest BCUT2D eigenvalue weighted by atomic mass is 10.1. The predicted molar refractivity (Wildman–Crippen MR) is 111 cm³/mol. The SMILES string of the molecule is Cc1cccc(OCC(=O)N2CC(C)N(Cc3ccc(F)cc3)CC2C)c1[N+](=O)[O-]. The van der Waals surface area contributed by atoms with Crippen molar-refractivity contribution in [3.05, 3.63) is 69.5 Å². The summed E-state index contributed by atoms with van der Waals surface area (Å²) in [6, 6.07) is 11.3. The fourth-order valence-electron chi connectivity index (χ4n) is 3.80. The average Bonchev–Trinajstić information content (AvgIpc) is 2.70. The van der Waals surface area contributed by atoms with Crippen LogP contribution in [0.25, 0.3) is 0 Å². The second-order valence-corrected chi connectivity index (χ2v) is 7.77. The number of halogens is 1. The number of nitro groups is 1. The Hall–Kier alpha value is -3.00. The maximum atomic E-state index is 13.1. The topological polar surface area (TPSA) is 75.9 Å². The number of piperazine rings is 1. The minimum Gasteiger partial charge on any atom is -0.477 e. The molecule has 1 aliphatic heterocycles. The fourth-order valence-corrected chi connectivity index (χ4v) is 3.80. The maximum absolute atomic E-state index is 13.1. The van der Waals surface area contributed by atoms with Crippen molar-refractivity contribution in [1.29, 1.82) is 0 Å². The van der Waals surface area contributed by atoms with Crippen molar-refractivity contribution in [2.24, 2.45) is 0 Å². The molecular weight excluding hydrogens is 389 g/mol. The standard InChI is InChI=1S/C22H26FN3O4/c1-15-5-4-6-20(22(15)26(28)29)30-14-21(27)25-12-16(2)24(11-17(25)3)13-18-7-9-19(23)10-8-18/h4-10,16-17H,11-14H2,1-3H3. The van der Waals surface area contributed by atoms with Gasteiger partial charge in [-0.25, -0.2) is 4.39 Å². The quantitative estimate of drug-likeness (QED) is 0.533. The van der Waals surface area contributed by atoms with E-state index in [1.807, 2.05) is 13.8 Å². The molecule has 1 saturated heterocycles. The molecule has 2 aromatic rings. The summed E-state index contributed by atoms with van der Waals surface area (Å²) in [4.78, 5) is 27.6. The summed E-state index contributed by atoms with van der Waals surface area (Å²) in [6.07, 6.45) is 0. The first-order chi connectivity index (χ1) is 14.3. The Balaban J connectivity index is 1.61. The number of carbonyl (C=O) groups is 1. The van der Waals surface area contributed by atoms with Crippen LogP contribution in [0.2, 0.25) is 0 Å². The van der Waals surface area contributed by atoms with Crippen molar-refractivity contribution in [3.63, 3.8) is 0 Å². The molecule has 0 radical (unpaired) electrons. The van der Waals surface area contributed by atoms with Crippen LogP contribution in [0, 0.1) is 22.9 Å². The molecule has 7 nitrogen and oxygen atoms in total. The largest absolute Gasteiger partial charge is 0.477 e. The number of nitro benzene ring substituents is 1. The number of benzene rings is 2. The van der Waals surface area contributed by atoms with Gasteiger partial charge in [0.15, 0.2) is 12.4 Å². The molecule has 2 unspecified atom stereocenters. The van der Waals surface area contributed by atoms with Gasteiger partial charge >= 0.3 is 5.69 Å². The molecule has 1 amide bonds. The molecule has 0 aromatic heterocycles. The third kappa shape index (κ3) is 4.94. The first kappa shape index (κ1) is 21.7. The first-order valence-corrected chi connectivity index (χ1v) is 9.91. The van der Waals surface area contributed by atoms with E-state index in [9.17, 15) is 19.3 Å². The monoisotopic (exact) mass is 415 g/mol. The van der Waals surface area contributed by atoms with Crippen LogP contribution in [-0.4, -0.2) is 52.4 Å². The van der Waals surface area contributed by atoms with E-state index in [1.54, 1.807) is 36.1 Å². The third-order valence-electron chi connectivity index (χ3n) is 5.47. The second kappa shape index (κ2) is 9.21. The van der Waals surface area contributed by atoms with E-state index in [1.165, 1.54) is 18.2 Å². The summed E-state index contributed by atoms with van der Waals surface area (Å²) in [5, 5.41) is 11.3. The molecule has 0 N–H and O–H groups in total. The third-order valence-corrected chi connectivity index (χ3v) is 5.47. The molecule has 0 spiro atoms. The number of hydrogen-bond donors (Lipinski definition) is 0. The summed E-state index contributed by atoms with van der Waals surface area (Å²) in [7, 11) is 0. The summed E-state index contributed by atoms with van der Waals surface area (Å²) in [6.45, 7) is 7.28. The van der Waals surface area contributed by atoms with Crippen LogP contribution in [0.3, 0.4) is 0 Å². The number of ether oxygens (including phenoxy) is 1. The van der Waals surface area contributed by atoms with Crippen LogP contribution in [0.1, 0.15) is 25.0 Å². The molecule has 8 heteroatoms. The molecule has 1 heterocycles. The highest BCUT2D eigenvalue weighted by Crippen LogP contribution is 2.30. The molecule has 3 rings (SSSR count). The van der Waals surface area contributed by atoms with Crippen LogP contribution in [0.15, 0.2) is 42.5 Å². The van der Waals surface area contributed by atoms with Gasteiger partial charge in [-0.15, -0.1) is 0 Å². The van der Waals surface area contributed by atoms with Crippen LogP contribution in [0.5, 0.6) is 5.75 Å². The molecule has 2 aromatic carbocycles. The number of amides is 1. The molecule has 2 atom stereocenters. The lowest BCUT2D eigenvalue weighted by Crippen LogP contribution is -2.58. The van der Waals surface area contributed by atoms with Crippen molar-refractivity contribution in [1.82, 2.24) is 9.80 Å². The fraction of sp³-hybridized carbons (Fsp3) is 0.409. The van der Waals surface area contributed by atoms with E-state index in [2.05, 4.69) is 4.90 Å². The van der Waals surface area contributed by atoms with Gasteiger partial charge in [0.25, 0.3) is 5.91 Å². The lowest BCUT2D eigenvalue weighted by Gasteiger charge is -2.44. The Morgan fingerprint density at radius 2 is 1.87 bits per heavy atom. The number of carbonyl (C=O) groups excluding carboxylic acids is 1. The molecule has 160 valence electrons. The van der Waals surface area contributed by atoms with E-state index in [0.717, 1.165) is 5.56 Å². The van der Waals surface area contributed by atoms with Crippen molar-refractivity contribution in [3.8, 4) is 5.75 Å². The van der Waals surface area contributed by atoms with E-state index >= 15 is 0 Å². The van der Waals surface area contributed by atoms with Gasteiger partial charge in [0.1, 0.15) is 5.82 Å². The van der Waals surface area contributed by atoms with E-state index in [4.69, 9.17) is 4.74 Å². The molecule has 1 fully saturated rings. The zero-order chi connectivity index (χ0) is 21.8. The van der Waals surface area contributed by atoms with Crippen molar-refractivity contribution in [2.45, 2.75) is 39.4 Å². The highest BCUT2D eigenvalue weighted by atomic mass is 19.1. The van der Waals surface area contributed by atoms with E-state index < -0.39 is 4.92 Å². The highest BCUT2D eigenvalue weighted by Gasteiger charge is 2.32. The normalized spacial score (nSPS) is 19.5. The van der Waals surface area contributed by atoms with Gasteiger partial charge < -0.3 is 9.64 Å². The Labute approximate surface area is 175 Å². The number of hydrogen-bond acceptors (Lipinski definition) is 5. The molecule has 1 aliphatic rings. The average molecular weight is 415 g/mol. The molecule has 0 bridgehead atoms. The zero-order valence-electron chi connectivity index (χ0n) is 17.4. The van der Waals surface area contributed by atoms with Crippen LogP contribution >= 0.6 is 0 Å². The predicted octanol–water partition coefficient (Wildman–Crippen LogP) is 3.54. The molecule has 0 saturated carbocycles. The Bertz CT molecular complexity index is 919. The number of rotatable bonds is 6. The summed E-state index contributed by atoms with van der Waals surface area (Å²) >= 11 is 0. The zero-order valence-corrected chi connectivity index (χ0v) is 17.4. The number of nitrogens with zero attached hydrogens (tertiary/aromatic N) is 3. The maximum Gasteiger partial charge on any atom is 0.313 e. The molecular formula is C22H26FN3O4. The minimum absolute atomic E-state index is 0.0368. The van der Waals surface area contributed by atoms with Crippen LogP contribution in [-0.2, 0) is 11.3 Å². The first-order valence-electron chi connectivity index (χ1n) is 9.91. The van der Waals surface area contributed by atoms with E-state index in [-0.39, 0.29) is 41.9 Å².